The number of nitriles is 1. The van der Waals surface area contributed by atoms with Gasteiger partial charge in [-0.3, -0.25) is 0 Å². The summed E-state index contributed by atoms with van der Waals surface area (Å²) in [4.78, 5) is 0. The summed E-state index contributed by atoms with van der Waals surface area (Å²) in [5.74, 6) is 0.816. The summed E-state index contributed by atoms with van der Waals surface area (Å²) in [6.45, 7) is 0.219. The van der Waals surface area contributed by atoms with Crippen LogP contribution in [0.4, 0.5) is 0 Å². The van der Waals surface area contributed by atoms with Crippen LogP contribution < -0.4 is 4.74 Å². The van der Waals surface area contributed by atoms with Crippen LogP contribution in [0.15, 0.2) is 24.3 Å². The highest BCUT2D eigenvalue weighted by molar-refractivity contribution is 5.39. The van der Waals surface area contributed by atoms with Crippen molar-refractivity contribution in [1.29, 1.82) is 5.26 Å². The van der Waals surface area contributed by atoms with Crippen LogP contribution in [0.5, 0.6) is 5.75 Å². The SMILES string of the molecule is COC1CCCCC1(O)C1(C#N)COc2ccccc2C1. The van der Waals surface area contributed by atoms with E-state index in [0.29, 0.717) is 12.8 Å². The van der Waals surface area contributed by atoms with Gasteiger partial charge in [0.2, 0.25) is 0 Å². The van der Waals surface area contributed by atoms with Gasteiger partial charge < -0.3 is 14.6 Å². The predicted octanol–water partition coefficient (Wildman–Crippen LogP) is 2.45. The molecular formula is C17H21NO3. The Hall–Kier alpha value is -1.57. The highest BCUT2D eigenvalue weighted by atomic mass is 16.5. The molecule has 1 aliphatic carbocycles. The highest BCUT2D eigenvalue weighted by Gasteiger charge is 2.58. The van der Waals surface area contributed by atoms with Crippen LogP contribution in [0, 0.1) is 16.7 Å². The second-order valence-corrected chi connectivity index (χ2v) is 6.16. The summed E-state index contributed by atoms with van der Waals surface area (Å²) < 4.78 is 11.3. The average molecular weight is 287 g/mol. The Labute approximate surface area is 125 Å². The van der Waals surface area contributed by atoms with E-state index in [4.69, 9.17) is 9.47 Å². The summed E-state index contributed by atoms with van der Waals surface area (Å²) in [7, 11) is 1.61. The number of hydrogen-bond acceptors (Lipinski definition) is 4. The molecule has 21 heavy (non-hydrogen) atoms. The fourth-order valence-corrected chi connectivity index (χ4v) is 3.80. The van der Waals surface area contributed by atoms with E-state index in [0.717, 1.165) is 30.6 Å². The summed E-state index contributed by atoms with van der Waals surface area (Å²) in [5.41, 5.74) is -1.11. The largest absolute Gasteiger partial charge is 0.492 e. The molecule has 3 atom stereocenters. The molecule has 1 aliphatic heterocycles. The van der Waals surface area contributed by atoms with E-state index in [9.17, 15) is 10.4 Å². The van der Waals surface area contributed by atoms with Gasteiger partial charge >= 0.3 is 0 Å². The smallest absolute Gasteiger partial charge is 0.126 e. The first-order valence-corrected chi connectivity index (χ1v) is 7.52. The lowest BCUT2D eigenvalue weighted by atomic mass is 9.61. The topological polar surface area (TPSA) is 62.5 Å². The standard InChI is InChI=1S/C17H21NO3/c1-20-15-8-4-5-9-17(15,19)16(11-18)10-13-6-2-3-7-14(13)21-12-16/h2-3,6-7,15,19H,4-5,8-10,12H2,1H3. The molecule has 1 N–H and O–H groups in total. The minimum atomic E-state index is -1.15. The molecule has 0 saturated heterocycles. The Bertz CT molecular complexity index is 567. The Morgan fingerprint density at radius 1 is 1.38 bits per heavy atom. The van der Waals surface area contributed by atoms with E-state index in [2.05, 4.69) is 6.07 Å². The molecule has 1 aromatic rings. The maximum Gasteiger partial charge on any atom is 0.126 e. The van der Waals surface area contributed by atoms with Crippen molar-refractivity contribution in [2.45, 2.75) is 43.8 Å². The fraction of sp³-hybridized carbons (Fsp3) is 0.588. The van der Waals surface area contributed by atoms with Crippen molar-refractivity contribution in [3.8, 4) is 11.8 Å². The number of benzene rings is 1. The third kappa shape index (κ3) is 2.12. The van der Waals surface area contributed by atoms with Crippen molar-refractivity contribution in [3.63, 3.8) is 0 Å². The van der Waals surface area contributed by atoms with Crippen molar-refractivity contribution < 1.29 is 14.6 Å². The van der Waals surface area contributed by atoms with Crippen molar-refractivity contribution in [2.75, 3.05) is 13.7 Å². The van der Waals surface area contributed by atoms with E-state index >= 15 is 0 Å². The number of para-hydroxylation sites is 1. The molecule has 1 aromatic carbocycles. The molecule has 3 rings (SSSR count). The zero-order chi connectivity index (χ0) is 14.9. The maximum absolute atomic E-state index is 11.3. The molecule has 3 unspecified atom stereocenters. The van der Waals surface area contributed by atoms with Gasteiger partial charge in [-0.25, -0.2) is 0 Å². The molecule has 112 valence electrons. The lowest BCUT2D eigenvalue weighted by molar-refractivity contribution is -0.181. The average Bonchev–Trinajstić information content (AvgIpc) is 2.54. The summed E-state index contributed by atoms with van der Waals surface area (Å²) in [6.07, 6.45) is 3.53. The van der Waals surface area contributed by atoms with Gasteiger partial charge in [-0.15, -0.1) is 0 Å². The quantitative estimate of drug-likeness (QED) is 0.907. The predicted molar refractivity (Wildman–Crippen MR) is 77.9 cm³/mol. The lowest BCUT2D eigenvalue weighted by Crippen LogP contribution is -2.62. The molecule has 1 heterocycles. The maximum atomic E-state index is 11.3. The molecule has 1 fully saturated rings. The number of methoxy groups -OCH3 is 1. The van der Waals surface area contributed by atoms with E-state index in [1.165, 1.54) is 0 Å². The van der Waals surface area contributed by atoms with Crippen molar-refractivity contribution in [2.24, 2.45) is 5.41 Å². The van der Waals surface area contributed by atoms with Gasteiger partial charge in [-0.1, -0.05) is 31.0 Å². The highest BCUT2D eigenvalue weighted by Crippen LogP contribution is 2.48. The zero-order valence-electron chi connectivity index (χ0n) is 12.3. The molecule has 4 heteroatoms. The lowest BCUT2D eigenvalue weighted by Gasteiger charge is -2.50. The van der Waals surface area contributed by atoms with Gasteiger partial charge in [0.15, 0.2) is 0 Å². The molecule has 0 radical (unpaired) electrons. The van der Waals surface area contributed by atoms with Gasteiger partial charge in [0.1, 0.15) is 23.4 Å². The Morgan fingerprint density at radius 2 is 2.19 bits per heavy atom. The number of hydrogen-bond donors (Lipinski definition) is 1. The first kappa shape index (κ1) is 14.4. The van der Waals surface area contributed by atoms with E-state index in [-0.39, 0.29) is 12.7 Å². The molecule has 0 amide bonds. The first-order chi connectivity index (χ1) is 10.1. The van der Waals surface area contributed by atoms with Crippen molar-refractivity contribution in [3.05, 3.63) is 29.8 Å². The van der Waals surface area contributed by atoms with E-state index in [1.807, 2.05) is 24.3 Å². The minimum Gasteiger partial charge on any atom is -0.492 e. The minimum absolute atomic E-state index is 0.219. The third-order valence-electron chi connectivity index (χ3n) is 5.07. The van der Waals surface area contributed by atoms with Crippen molar-refractivity contribution in [1.82, 2.24) is 0 Å². The molecule has 4 nitrogen and oxygen atoms in total. The van der Waals surface area contributed by atoms with Crippen LogP contribution in [0.2, 0.25) is 0 Å². The zero-order valence-corrected chi connectivity index (χ0v) is 12.3. The molecule has 0 spiro atoms. The second kappa shape index (κ2) is 5.32. The van der Waals surface area contributed by atoms with Crippen LogP contribution in [-0.4, -0.2) is 30.5 Å². The molecule has 0 aromatic heterocycles. The number of aliphatic hydroxyl groups is 1. The van der Waals surface area contributed by atoms with Gasteiger partial charge in [0.05, 0.1) is 12.2 Å². The summed E-state index contributed by atoms with van der Waals surface area (Å²) >= 11 is 0. The normalized spacial score (nSPS) is 35.4. The monoisotopic (exact) mass is 287 g/mol. The van der Waals surface area contributed by atoms with Crippen LogP contribution in [0.25, 0.3) is 0 Å². The first-order valence-electron chi connectivity index (χ1n) is 7.52. The fourth-order valence-electron chi connectivity index (χ4n) is 3.80. The molecule has 2 aliphatic rings. The van der Waals surface area contributed by atoms with Gasteiger partial charge in [-0.2, -0.15) is 5.26 Å². The number of rotatable bonds is 2. The van der Waals surface area contributed by atoms with Crippen LogP contribution in [-0.2, 0) is 11.2 Å². The Kier molecular flexibility index (Phi) is 3.64. The second-order valence-electron chi connectivity index (χ2n) is 6.16. The van der Waals surface area contributed by atoms with Crippen LogP contribution in [0.1, 0.15) is 31.2 Å². The number of fused-ring (bicyclic) bond motifs is 1. The van der Waals surface area contributed by atoms with Gasteiger partial charge in [-0.05, 0) is 24.5 Å². The van der Waals surface area contributed by atoms with Gasteiger partial charge in [0.25, 0.3) is 0 Å². The third-order valence-corrected chi connectivity index (χ3v) is 5.07. The van der Waals surface area contributed by atoms with Gasteiger partial charge in [0, 0.05) is 13.5 Å². The van der Waals surface area contributed by atoms with E-state index in [1.54, 1.807) is 7.11 Å². The summed E-state index contributed by atoms with van der Waals surface area (Å²) in [5, 5.41) is 21.2. The van der Waals surface area contributed by atoms with Crippen LogP contribution >= 0.6 is 0 Å². The Morgan fingerprint density at radius 3 is 2.95 bits per heavy atom. The number of nitrogens with zero attached hydrogens (tertiary/aromatic N) is 1. The van der Waals surface area contributed by atoms with Crippen molar-refractivity contribution >= 4 is 0 Å². The Balaban J connectivity index is 2.00. The molecular weight excluding hydrogens is 266 g/mol. The number of ether oxygens (including phenoxy) is 2. The van der Waals surface area contributed by atoms with E-state index < -0.39 is 11.0 Å². The molecule has 0 bridgehead atoms. The van der Waals surface area contributed by atoms with Crippen LogP contribution in [0.3, 0.4) is 0 Å². The molecule has 1 saturated carbocycles. The summed E-state index contributed by atoms with van der Waals surface area (Å²) in [6, 6.07) is 10.1.